The monoisotopic (exact) mass is 519 g/mol. The Kier molecular flexibility index (Phi) is 7.84. The van der Waals surface area contributed by atoms with Crippen LogP contribution in [0.15, 0.2) is 41.4 Å². The van der Waals surface area contributed by atoms with Crippen LogP contribution in [-0.4, -0.2) is 28.5 Å². The molecule has 10 heteroatoms. The lowest BCUT2D eigenvalue weighted by Gasteiger charge is -2.41. The number of hydrogen-bond acceptors (Lipinski definition) is 4. The molecule has 0 aliphatic heterocycles. The van der Waals surface area contributed by atoms with E-state index in [0.29, 0.717) is 29.7 Å². The number of hydrogen-bond donors (Lipinski definition) is 0. The Morgan fingerprint density at radius 3 is 2.29 bits per heavy atom. The normalized spacial score (nSPS) is 20.7. The lowest BCUT2D eigenvalue weighted by atomic mass is 9.69. The molecule has 3 nitrogen and oxygen atoms in total. The van der Waals surface area contributed by atoms with E-state index >= 15 is 0 Å². The van der Waals surface area contributed by atoms with Crippen LogP contribution in [-0.2, 0) is 15.7 Å². The van der Waals surface area contributed by atoms with E-state index in [9.17, 15) is 31.1 Å². The van der Waals surface area contributed by atoms with E-state index in [0.717, 1.165) is 17.8 Å². The summed E-state index contributed by atoms with van der Waals surface area (Å²) >= 11 is 1.15. The topological polar surface area (TPSA) is 39.2 Å². The molecule has 0 spiro atoms. The first-order valence-electron chi connectivity index (χ1n) is 11.2. The molecule has 3 rings (SSSR count). The van der Waals surface area contributed by atoms with Gasteiger partial charge in [-0.25, -0.2) is 4.79 Å². The molecule has 1 aliphatic rings. The van der Waals surface area contributed by atoms with Crippen LogP contribution in [0.5, 0.6) is 0 Å². The molecule has 1 aliphatic carbocycles. The fraction of sp³-hybridized carbons (Fsp3) is 0.520. The lowest BCUT2D eigenvalue weighted by Crippen LogP contribution is -2.42. The maximum Gasteiger partial charge on any atom is 0.490 e. The van der Waals surface area contributed by atoms with E-state index in [2.05, 4.69) is 4.98 Å². The van der Waals surface area contributed by atoms with E-state index in [4.69, 9.17) is 4.74 Å². The van der Waals surface area contributed by atoms with Crippen LogP contribution >= 0.6 is 11.8 Å². The number of aromatic nitrogens is 1. The van der Waals surface area contributed by atoms with E-state index in [1.54, 1.807) is 32.0 Å². The second kappa shape index (κ2) is 10.0. The highest BCUT2D eigenvalue weighted by atomic mass is 32.2. The van der Waals surface area contributed by atoms with Gasteiger partial charge < -0.3 is 4.74 Å². The van der Waals surface area contributed by atoms with Gasteiger partial charge in [0.2, 0.25) is 0 Å². The van der Waals surface area contributed by atoms with E-state index in [1.165, 1.54) is 12.3 Å². The van der Waals surface area contributed by atoms with Crippen molar-refractivity contribution >= 4 is 17.7 Å². The standard InChI is InChI=1S/C25H27F6NO2S/c1-14(2)35-20-7-5-15(11-18(20)24(26,27)28)16-9-10-32-19(12-16)17-6-8-21(23(3,4)13-17)34-22(33)25(29,30)31/h5,7,9-12,14,17,21H,6,8,13H2,1-4H3/t17-,21?/m0/s1. The minimum atomic E-state index is -5.05. The second-order valence-corrected chi connectivity index (χ2v) is 11.3. The number of alkyl halides is 6. The minimum absolute atomic E-state index is 0.0108. The number of rotatable bonds is 5. The molecule has 0 amide bonds. The molecule has 0 saturated heterocycles. The van der Waals surface area contributed by atoms with Crippen molar-refractivity contribution in [3.05, 3.63) is 47.8 Å². The van der Waals surface area contributed by atoms with Gasteiger partial charge in [-0.05, 0) is 54.7 Å². The summed E-state index contributed by atoms with van der Waals surface area (Å²) in [5.41, 5.74) is 0.192. The third-order valence-corrected chi connectivity index (χ3v) is 7.16. The van der Waals surface area contributed by atoms with Crippen molar-refractivity contribution in [2.24, 2.45) is 5.41 Å². The molecule has 2 aromatic rings. The Bertz CT molecular complexity index is 1060. The van der Waals surface area contributed by atoms with Gasteiger partial charge in [0, 0.05) is 33.4 Å². The van der Waals surface area contributed by atoms with Crippen molar-refractivity contribution in [3.63, 3.8) is 0 Å². The summed E-state index contributed by atoms with van der Waals surface area (Å²) in [4.78, 5) is 15.9. The van der Waals surface area contributed by atoms with Crippen molar-refractivity contribution in [2.75, 3.05) is 0 Å². The van der Waals surface area contributed by atoms with Crippen LogP contribution in [0, 0.1) is 5.41 Å². The van der Waals surface area contributed by atoms with Gasteiger partial charge >= 0.3 is 18.3 Å². The molecule has 2 atom stereocenters. The van der Waals surface area contributed by atoms with Crippen LogP contribution in [0.4, 0.5) is 26.3 Å². The SMILES string of the molecule is CC(C)Sc1ccc(-c2ccnc([C@H]3CCC(OC(=O)C(F)(F)F)C(C)(C)C3)c2)cc1C(F)(F)F. The Balaban J connectivity index is 1.84. The van der Waals surface area contributed by atoms with Gasteiger partial charge in [-0.1, -0.05) is 33.8 Å². The highest BCUT2D eigenvalue weighted by Gasteiger charge is 2.47. The highest BCUT2D eigenvalue weighted by Crippen LogP contribution is 2.46. The largest absolute Gasteiger partial charge is 0.490 e. The summed E-state index contributed by atoms with van der Waals surface area (Å²) in [5, 5.41) is -0.0108. The molecule has 35 heavy (non-hydrogen) atoms. The maximum atomic E-state index is 13.7. The minimum Gasteiger partial charge on any atom is -0.455 e. The van der Waals surface area contributed by atoms with Crippen molar-refractivity contribution in [2.45, 2.75) is 81.5 Å². The van der Waals surface area contributed by atoms with Crippen LogP contribution in [0.1, 0.15) is 64.1 Å². The van der Waals surface area contributed by atoms with Gasteiger partial charge in [0.05, 0.1) is 5.56 Å². The number of nitrogens with zero attached hydrogens (tertiary/aromatic N) is 1. The van der Waals surface area contributed by atoms with Crippen LogP contribution in [0.2, 0.25) is 0 Å². The summed E-state index contributed by atoms with van der Waals surface area (Å²) < 4.78 is 83.8. The van der Waals surface area contributed by atoms with Gasteiger partial charge in [-0.2, -0.15) is 26.3 Å². The zero-order chi connectivity index (χ0) is 26.2. The van der Waals surface area contributed by atoms with E-state index in [1.807, 2.05) is 13.8 Å². The molecule has 1 saturated carbocycles. The number of esters is 1. The highest BCUT2D eigenvalue weighted by molar-refractivity contribution is 8.00. The van der Waals surface area contributed by atoms with Gasteiger partial charge in [0.15, 0.2) is 0 Å². The maximum absolute atomic E-state index is 13.7. The van der Waals surface area contributed by atoms with Crippen molar-refractivity contribution in [1.29, 1.82) is 0 Å². The number of thioether (sulfide) groups is 1. The molecular weight excluding hydrogens is 492 g/mol. The Hall–Kier alpha value is -2.23. The fourth-order valence-electron chi connectivity index (χ4n) is 4.42. The smallest absolute Gasteiger partial charge is 0.455 e. The average Bonchev–Trinajstić information content (AvgIpc) is 2.73. The first-order valence-corrected chi connectivity index (χ1v) is 12.1. The van der Waals surface area contributed by atoms with Crippen molar-refractivity contribution in [1.82, 2.24) is 4.98 Å². The molecular formula is C25H27F6NO2S. The zero-order valence-electron chi connectivity index (χ0n) is 19.8. The van der Waals surface area contributed by atoms with Gasteiger partial charge in [0.1, 0.15) is 6.10 Å². The lowest BCUT2D eigenvalue weighted by molar-refractivity contribution is -0.212. The number of carbonyl (C=O) groups is 1. The van der Waals surface area contributed by atoms with E-state index < -0.39 is 35.4 Å². The van der Waals surface area contributed by atoms with Crippen LogP contribution < -0.4 is 0 Å². The zero-order valence-corrected chi connectivity index (χ0v) is 20.6. The number of benzene rings is 1. The molecule has 0 bridgehead atoms. The second-order valence-electron chi connectivity index (χ2n) is 9.70. The Morgan fingerprint density at radius 2 is 1.71 bits per heavy atom. The van der Waals surface area contributed by atoms with E-state index in [-0.39, 0.29) is 22.5 Å². The summed E-state index contributed by atoms with van der Waals surface area (Å²) in [5.74, 6) is -2.34. The van der Waals surface area contributed by atoms with Crippen molar-refractivity contribution in [3.8, 4) is 11.1 Å². The molecule has 1 aromatic heterocycles. The number of carbonyl (C=O) groups excluding carboxylic acids is 1. The molecule has 1 unspecified atom stereocenters. The molecule has 1 heterocycles. The molecule has 0 radical (unpaired) electrons. The number of halogens is 6. The third kappa shape index (κ3) is 6.71. The predicted octanol–water partition coefficient (Wildman–Crippen LogP) is 8.04. The summed E-state index contributed by atoms with van der Waals surface area (Å²) in [6, 6.07) is 7.63. The van der Waals surface area contributed by atoms with Crippen molar-refractivity contribution < 1.29 is 35.9 Å². The molecule has 1 fully saturated rings. The summed E-state index contributed by atoms with van der Waals surface area (Å²) in [7, 11) is 0. The first kappa shape index (κ1) is 27.4. The third-order valence-electron chi connectivity index (χ3n) is 6.08. The van der Waals surface area contributed by atoms with Gasteiger partial charge in [-0.15, -0.1) is 11.8 Å². The van der Waals surface area contributed by atoms with Crippen LogP contribution in [0.3, 0.4) is 0 Å². The summed E-state index contributed by atoms with van der Waals surface area (Å²) in [6.07, 6.45) is -7.84. The molecule has 0 N–H and O–H groups in total. The van der Waals surface area contributed by atoms with Gasteiger partial charge in [0.25, 0.3) is 0 Å². The predicted molar refractivity (Wildman–Crippen MR) is 122 cm³/mol. The summed E-state index contributed by atoms with van der Waals surface area (Å²) in [6.45, 7) is 7.12. The van der Waals surface area contributed by atoms with Gasteiger partial charge in [-0.3, -0.25) is 4.98 Å². The average molecular weight is 520 g/mol. The molecule has 192 valence electrons. The first-order chi connectivity index (χ1) is 16.1. The fourth-order valence-corrected chi connectivity index (χ4v) is 5.37. The number of pyridine rings is 1. The molecule has 1 aromatic carbocycles. The van der Waals surface area contributed by atoms with Crippen LogP contribution in [0.25, 0.3) is 11.1 Å². The Morgan fingerprint density at radius 1 is 1.06 bits per heavy atom. The number of ether oxygens (including phenoxy) is 1. The quantitative estimate of drug-likeness (QED) is 0.228. The Labute approximate surface area is 204 Å².